The van der Waals surface area contributed by atoms with Crippen LogP contribution in [0.1, 0.15) is 17.5 Å². The van der Waals surface area contributed by atoms with Crippen molar-refractivity contribution in [2.45, 2.75) is 17.9 Å². The summed E-state index contributed by atoms with van der Waals surface area (Å²) < 4.78 is 31.8. The van der Waals surface area contributed by atoms with Gasteiger partial charge in [-0.3, -0.25) is 14.9 Å². The first-order valence-electron chi connectivity index (χ1n) is 6.97. The molecule has 0 saturated carbocycles. The summed E-state index contributed by atoms with van der Waals surface area (Å²) >= 11 is 0. The molecule has 26 heavy (non-hydrogen) atoms. The van der Waals surface area contributed by atoms with Gasteiger partial charge in [0.15, 0.2) is 6.10 Å². The lowest BCUT2D eigenvalue weighted by atomic mass is 10.3. The van der Waals surface area contributed by atoms with Gasteiger partial charge in [-0.1, -0.05) is 0 Å². The Labute approximate surface area is 146 Å². The number of nitrogens with zero attached hydrogens (tertiary/aromatic N) is 1. The highest BCUT2D eigenvalue weighted by atomic mass is 32.2. The second kappa shape index (κ2) is 7.33. The summed E-state index contributed by atoms with van der Waals surface area (Å²) in [5, 5.41) is 17.9. The Morgan fingerprint density at radius 1 is 1.23 bits per heavy atom. The molecule has 1 heterocycles. The van der Waals surface area contributed by atoms with Crippen LogP contribution in [0.3, 0.4) is 0 Å². The summed E-state index contributed by atoms with van der Waals surface area (Å²) in [5.74, 6) is -2.81. The topological polar surface area (TPSA) is 172 Å². The number of benzene rings is 1. The number of sulfonamides is 1. The lowest BCUT2D eigenvalue weighted by Crippen LogP contribution is -2.29. The molecule has 0 aliphatic carbocycles. The molecule has 1 aromatic heterocycles. The molecule has 0 unspecified atom stereocenters. The van der Waals surface area contributed by atoms with Crippen LogP contribution in [0, 0.1) is 10.1 Å². The molecule has 12 heteroatoms. The predicted octanol–water partition coefficient (Wildman–Crippen LogP) is 1.02. The first-order chi connectivity index (χ1) is 12.1. The number of anilines is 1. The number of primary sulfonamides is 1. The van der Waals surface area contributed by atoms with E-state index in [2.05, 4.69) is 9.73 Å². The van der Waals surface area contributed by atoms with Crippen molar-refractivity contribution in [2.75, 3.05) is 5.32 Å². The molecule has 1 atom stereocenters. The minimum Gasteiger partial charge on any atom is -0.447 e. The number of furan rings is 1. The van der Waals surface area contributed by atoms with Crippen LogP contribution in [0.2, 0.25) is 0 Å². The van der Waals surface area contributed by atoms with Crippen LogP contribution in [-0.2, 0) is 19.6 Å². The summed E-state index contributed by atoms with van der Waals surface area (Å²) in [6.07, 6.45) is -1.25. The van der Waals surface area contributed by atoms with Gasteiger partial charge in [0.1, 0.15) is 4.92 Å². The number of ether oxygens (including phenoxy) is 1. The minimum absolute atomic E-state index is 0.130. The second-order valence-electron chi connectivity index (χ2n) is 5.00. The van der Waals surface area contributed by atoms with E-state index in [4.69, 9.17) is 9.88 Å². The Bertz CT molecular complexity index is 949. The molecule has 3 N–H and O–H groups in total. The van der Waals surface area contributed by atoms with Crippen molar-refractivity contribution in [1.82, 2.24) is 0 Å². The number of rotatable bonds is 6. The fourth-order valence-corrected chi connectivity index (χ4v) is 2.29. The van der Waals surface area contributed by atoms with E-state index >= 15 is 0 Å². The van der Waals surface area contributed by atoms with Crippen LogP contribution in [0.4, 0.5) is 11.6 Å². The molecule has 0 saturated heterocycles. The van der Waals surface area contributed by atoms with Crippen molar-refractivity contribution in [1.29, 1.82) is 0 Å². The van der Waals surface area contributed by atoms with Crippen LogP contribution in [0.15, 0.2) is 45.7 Å². The largest absolute Gasteiger partial charge is 0.447 e. The molecule has 0 aliphatic heterocycles. The van der Waals surface area contributed by atoms with Crippen molar-refractivity contribution < 1.29 is 32.1 Å². The average molecular weight is 383 g/mol. The molecular weight excluding hydrogens is 370 g/mol. The number of nitrogens with one attached hydrogen (secondary N) is 1. The van der Waals surface area contributed by atoms with E-state index < -0.39 is 44.6 Å². The van der Waals surface area contributed by atoms with Gasteiger partial charge in [0.2, 0.25) is 15.8 Å². The van der Waals surface area contributed by atoms with Gasteiger partial charge in [-0.15, -0.1) is 0 Å². The zero-order chi connectivity index (χ0) is 19.5. The lowest BCUT2D eigenvalue weighted by Gasteiger charge is -2.12. The maximum absolute atomic E-state index is 12.0. The van der Waals surface area contributed by atoms with Gasteiger partial charge in [-0.05, 0) is 37.3 Å². The molecular formula is C14H13N3O8S. The van der Waals surface area contributed by atoms with Gasteiger partial charge in [-0.25, -0.2) is 18.4 Å². The molecule has 2 rings (SSSR count). The van der Waals surface area contributed by atoms with Crippen LogP contribution < -0.4 is 10.5 Å². The highest BCUT2D eigenvalue weighted by molar-refractivity contribution is 7.89. The fourth-order valence-electron chi connectivity index (χ4n) is 1.78. The Kier molecular flexibility index (Phi) is 5.38. The molecule has 138 valence electrons. The highest BCUT2D eigenvalue weighted by Gasteiger charge is 2.23. The molecule has 0 spiro atoms. The van der Waals surface area contributed by atoms with Crippen LogP contribution in [-0.4, -0.2) is 31.3 Å². The second-order valence-corrected chi connectivity index (χ2v) is 6.56. The third-order valence-corrected chi connectivity index (χ3v) is 4.01. The van der Waals surface area contributed by atoms with Crippen LogP contribution in [0.25, 0.3) is 0 Å². The van der Waals surface area contributed by atoms with E-state index in [1.807, 2.05) is 0 Å². The fraction of sp³-hybridized carbons (Fsp3) is 0.143. The van der Waals surface area contributed by atoms with Crippen molar-refractivity contribution in [3.05, 3.63) is 52.3 Å². The van der Waals surface area contributed by atoms with Crippen molar-refractivity contribution in [3.63, 3.8) is 0 Å². The zero-order valence-corrected chi connectivity index (χ0v) is 14.1. The van der Waals surface area contributed by atoms with E-state index in [0.717, 1.165) is 12.1 Å². The molecule has 2 aromatic rings. The van der Waals surface area contributed by atoms with Crippen LogP contribution in [0.5, 0.6) is 0 Å². The number of hydrogen-bond acceptors (Lipinski definition) is 8. The zero-order valence-electron chi connectivity index (χ0n) is 13.2. The summed E-state index contributed by atoms with van der Waals surface area (Å²) in [5.41, 5.74) is 0.249. The third kappa shape index (κ3) is 4.64. The lowest BCUT2D eigenvalue weighted by molar-refractivity contribution is -0.402. The van der Waals surface area contributed by atoms with Gasteiger partial charge >= 0.3 is 11.9 Å². The smallest absolute Gasteiger partial charge is 0.433 e. The van der Waals surface area contributed by atoms with E-state index in [1.54, 1.807) is 0 Å². The van der Waals surface area contributed by atoms with Crippen molar-refractivity contribution >= 4 is 33.5 Å². The van der Waals surface area contributed by atoms with Gasteiger partial charge in [-0.2, -0.15) is 0 Å². The van der Waals surface area contributed by atoms with E-state index in [0.29, 0.717) is 0 Å². The average Bonchev–Trinajstić information content (AvgIpc) is 3.04. The highest BCUT2D eigenvalue weighted by Crippen LogP contribution is 2.17. The van der Waals surface area contributed by atoms with E-state index in [1.165, 1.54) is 31.2 Å². The van der Waals surface area contributed by atoms with Crippen LogP contribution >= 0.6 is 0 Å². The predicted molar refractivity (Wildman–Crippen MR) is 86.7 cm³/mol. The summed E-state index contributed by atoms with van der Waals surface area (Å²) in [7, 11) is -3.86. The Morgan fingerprint density at radius 3 is 2.35 bits per heavy atom. The molecule has 0 fully saturated rings. The molecule has 0 aliphatic rings. The number of nitro groups is 1. The Balaban J connectivity index is 1.98. The normalized spacial score (nSPS) is 12.2. The van der Waals surface area contributed by atoms with E-state index in [-0.39, 0.29) is 10.6 Å². The van der Waals surface area contributed by atoms with Gasteiger partial charge in [0.25, 0.3) is 5.91 Å². The summed E-state index contributed by atoms with van der Waals surface area (Å²) in [6, 6.07) is 7.04. The number of carbonyl (C=O) groups excluding carboxylic acids is 2. The summed E-state index contributed by atoms with van der Waals surface area (Å²) in [4.78, 5) is 33.4. The standard InChI is InChI=1S/C14H13N3O8S/c1-8(24-14(19)11-6-7-12(25-11)17(20)21)13(18)16-9-2-4-10(5-3-9)26(15,22)23/h2-8H,1H3,(H,16,18)(H2,15,22,23)/t8-/m0/s1. The molecule has 1 aromatic carbocycles. The van der Waals surface area contributed by atoms with Crippen molar-refractivity contribution in [2.24, 2.45) is 5.14 Å². The number of esters is 1. The maximum Gasteiger partial charge on any atom is 0.433 e. The summed E-state index contributed by atoms with van der Waals surface area (Å²) in [6.45, 7) is 1.28. The van der Waals surface area contributed by atoms with Gasteiger partial charge in [0, 0.05) is 5.69 Å². The van der Waals surface area contributed by atoms with Gasteiger partial charge < -0.3 is 14.5 Å². The van der Waals surface area contributed by atoms with Crippen molar-refractivity contribution in [3.8, 4) is 0 Å². The Hall–Kier alpha value is -3.25. The third-order valence-electron chi connectivity index (χ3n) is 3.08. The molecule has 11 nitrogen and oxygen atoms in total. The minimum atomic E-state index is -3.86. The number of amides is 1. The maximum atomic E-state index is 12.0. The number of nitrogens with two attached hydrogens (primary N) is 1. The molecule has 0 radical (unpaired) electrons. The molecule has 1 amide bonds. The van der Waals surface area contributed by atoms with Gasteiger partial charge in [0.05, 0.1) is 11.0 Å². The quantitative estimate of drug-likeness (QED) is 0.422. The number of hydrogen-bond donors (Lipinski definition) is 2. The number of carbonyl (C=O) groups is 2. The molecule has 0 bridgehead atoms. The SMILES string of the molecule is C[C@H](OC(=O)c1ccc([N+](=O)[O-])o1)C(=O)Nc1ccc(S(N)(=O)=O)cc1. The first kappa shape index (κ1) is 19.1. The first-order valence-corrected chi connectivity index (χ1v) is 8.51. The monoisotopic (exact) mass is 383 g/mol. The van der Waals surface area contributed by atoms with E-state index in [9.17, 15) is 28.1 Å². The Morgan fingerprint density at radius 2 is 1.85 bits per heavy atom.